The van der Waals surface area contributed by atoms with Crippen molar-refractivity contribution in [2.45, 2.75) is 6.54 Å². The zero-order valence-electron chi connectivity index (χ0n) is 17.2. The number of hydrogen-bond acceptors (Lipinski definition) is 6. The number of ether oxygens (including phenoxy) is 2. The lowest BCUT2D eigenvalue weighted by Crippen LogP contribution is -2.23. The van der Waals surface area contributed by atoms with Gasteiger partial charge in [-0.2, -0.15) is 0 Å². The summed E-state index contributed by atoms with van der Waals surface area (Å²) in [6, 6.07) is 17.6. The summed E-state index contributed by atoms with van der Waals surface area (Å²) in [4.78, 5) is 24.3. The lowest BCUT2D eigenvalue weighted by molar-refractivity contribution is -0.114. The summed E-state index contributed by atoms with van der Waals surface area (Å²) in [5.74, 6) is 1.01. The summed E-state index contributed by atoms with van der Waals surface area (Å²) in [6.07, 6.45) is 1.56. The third-order valence-electron chi connectivity index (χ3n) is 4.30. The molecule has 0 radical (unpaired) electrons. The Hall–Kier alpha value is -3.78. The fraction of sp³-hybridized carbons (Fsp3) is 0.217. The lowest BCUT2D eigenvalue weighted by atomic mass is 10.2. The van der Waals surface area contributed by atoms with Crippen LogP contribution in [0.4, 0.5) is 11.4 Å². The molecular weight excluding hydrogens is 398 g/mol. The van der Waals surface area contributed by atoms with E-state index in [1.807, 2.05) is 0 Å². The zero-order valence-corrected chi connectivity index (χ0v) is 17.2. The number of methoxy groups -OCH3 is 1. The van der Waals surface area contributed by atoms with Crippen LogP contribution in [0.1, 0.15) is 16.1 Å². The van der Waals surface area contributed by atoms with Gasteiger partial charge in [-0.05, 0) is 60.7 Å². The predicted octanol–water partition coefficient (Wildman–Crippen LogP) is 3.29. The number of benzene rings is 2. The first-order valence-corrected chi connectivity index (χ1v) is 9.80. The molecule has 0 aliphatic rings. The van der Waals surface area contributed by atoms with E-state index < -0.39 is 0 Å². The molecule has 8 heteroatoms. The van der Waals surface area contributed by atoms with E-state index in [0.29, 0.717) is 42.5 Å². The molecule has 1 heterocycles. The number of carbonyl (C=O) groups is 2. The van der Waals surface area contributed by atoms with Gasteiger partial charge in [0.25, 0.3) is 5.91 Å². The van der Waals surface area contributed by atoms with Gasteiger partial charge in [-0.15, -0.1) is 0 Å². The molecule has 0 saturated carbocycles. The van der Waals surface area contributed by atoms with E-state index >= 15 is 0 Å². The minimum atomic E-state index is -0.199. The van der Waals surface area contributed by atoms with Crippen LogP contribution in [-0.4, -0.2) is 38.7 Å². The van der Waals surface area contributed by atoms with Crippen LogP contribution in [0.2, 0.25) is 0 Å². The van der Waals surface area contributed by atoms with Gasteiger partial charge >= 0.3 is 0 Å². The van der Waals surface area contributed by atoms with Crippen LogP contribution >= 0.6 is 0 Å². The minimum absolute atomic E-state index is 0.0934. The Morgan fingerprint density at radius 3 is 2.35 bits per heavy atom. The third kappa shape index (κ3) is 7.20. The molecule has 2 amide bonds. The maximum atomic E-state index is 12.2. The van der Waals surface area contributed by atoms with E-state index in [1.165, 1.54) is 0 Å². The van der Waals surface area contributed by atoms with Gasteiger partial charge in [-0.3, -0.25) is 9.59 Å². The Morgan fingerprint density at radius 2 is 1.68 bits per heavy atom. The Labute approximate surface area is 180 Å². The Bertz CT molecular complexity index is 954. The van der Waals surface area contributed by atoms with Crippen molar-refractivity contribution in [2.75, 3.05) is 37.5 Å². The number of furan rings is 1. The van der Waals surface area contributed by atoms with Gasteiger partial charge in [-0.1, -0.05) is 0 Å². The summed E-state index contributed by atoms with van der Waals surface area (Å²) in [6.45, 7) is 1.40. The van der Waals surface area contributed by atoms with Crippen molar-refractivity contribution < 1.29 is 23.5 Å². The van der Waals surface area contributed by atoms with Gasteiger partial charge in [-0.25, -0.2) is 0 Å². The van der Waals surface area contributed by atoms with Gasteiger partial charge < -0.3 is 29.8 Å². The maximum absolute atomic E-state index is 12.2. The smallest absolute Gasteiger partial charge is 0.251 e. The van der Waals surface area contributed by atoms with Gasteiger partial charge in [0.15, 0.2) is 0 Å². The summed E-state index contributed by atoms with van der Waals surface area (Å²) in [5, 5.41) is 8.63. The van der Waals surface area contributed by atoms with Crippen LogP contribution in [0.3, 0.4) is 0 Å². The molecule has 1 aromatic heterocycles. The highest BCUT2D eigenvalue weighted by Gasteiger charge is 2.07. The fourth-order valence-corrected chi connectivity index (χ4v) is 2.69. The molecule has 0 unspecified atom stereocenters. The highest BCUT2D eigenvalue weighted by molar-refractivity contribution is 5.95. The normalized spacial score (nSPS) is 10.4. The molecule has 0 aliphatic carbocycles. The van der Waals surface area contributed by atoms with E-state index in [0.717, 1.165) is 5.69 Å². The largest absolute Gasteiger partial charge is 0.491 e. The van der Waals surface area contributed by atoms with Crippen molar-refractivity contribution in [1.29, 1.82) is 0 Å². The van der Waals surface area contributed by atoms with E-state index in [9.17, 15) is 9.59 Å². The second kappa shape index (κ2) is 11.4. The topological polar surface area (TPSA) is 102 Å². The number of rotatable bonds is 11. The maximum Gasteiger partial charge on any atom is 0.251 e. The second-order valence-electron chi connectivity index (χ2n) is 6.61. The van der Waals surface area contributed by atoms with Gasteiger partial charge in [0.1, 0.15) is 18.1 Å². The number of carbonyl (C=O) groups excluding carboxylic acids is 2. The highest BCUT2D eigenvalue weighted by atomic mass is 16.5. The fourth-order valence-electron chi connectivity index (χ4n) is 2.69. The van der Waals surface area contributed by atoms with Crippen LogP contribution in [0.25, 0.3) is 0 Å². The molecular formula is C23H25N3O5. The summed E-state index contributed by atoms with van der Waals surface area (Å²) in [5.41, 5.74) is 1.93. The number of anilines is 2. The molecule has 3 rings (SSSR count). The van der Waals surface area contributed by atoms with E-state index in [1.54, 1.807) is 74.0 Å². The van der Waals surface area contributed by atoms with Crippen molar-refractivity contribution >= 4 is 23.2 Å². The Morgan fingerprint density at radius 1 is 0.935 bits per heavy atom. The molecule has 0 aliphatic heterocycles. The van der Waals surface area contributed by atoms with E-state index in [2.05, 4.69) is 16.0 Å². The Balaban J connectivity index is 1.41. The molecule has 162 valence electrons. The number of amides is 2. The molecule has 0 spiro atoms. The van der Waals surface area contributed by atoms with E-state index in [4.69, 9.17) is 13.9 Å². The third-order valence-corrected chi connectivity index (χ3v) is 4.30. The Kier molecular flexibility index (Phi) is 8.07. The van der Waals surface area contributed by atoms with Crippen LogP contribution in [0.5, 0.6) is 5.75 Å². The predicted molar refractivity (Wildman–Crippen MR) is 117 cm³/mol. The van der Waals surface area contributed by atoms with Crippen molar-refractivity contribution in [3.05, 3.63) is 78.3 Å². The molecule has 0 bridgehead atoms. The number of nitrogens with one attached hydrogen (secondary N) is 3. The molecule has 0 atom stereocenters. The summed E-state index contributed by atoms with van der Waals surface area (Å²) >= 11 is 0. The van der Waals surface area contributed by atoms with Gasteiger partial charge in [0, 0.05) is 24.0 Å². The monoisotopic (exact) mass is 423 g/mol. The molecule has 3 aromatic rings. The van der Waals surface area contributed by atoms with Gasteiger partial charge in [0.05, 0.1) is 26.0 Å². The van der Waals surface area contributed by atoms with Crippen LogP contribution < -0.4 is 20.7 Å². The van der Waals surface area contributed by atoms with Crippen LogP contribution in [0, 0.1) is 0 Å². The average molecular weight is 423 g/mol. The summed E-state index contributed by atoms with van der Waals surface area (Å²) < 4.78 is 15.6. The van der Waals surface area contributed by atoms with Crippen molar-refractivity contribution in [3.8, 4) is 5.75 Å². The highest BCUT2D eigenvalue weighted by Crippen LogP contribution is 2.16. The summed E-state index contributed by atoms with van der Waals surface area (Å²) in [7, 11) is 1.62. The SMILES string of the molecule is COCCOc1ccc(NC(=O)CNc2ccc(C(=O)NCc3ccco3)cc2)cc1. The standard InChI is InChI=1S/C23H25N3O5/c1-29-13-14-31-20-10-8-19(9-11-20)26-22(27)16-24-18-6-4-17(5-7-18)23(28)25-15-21-3-2-12-30-21/h2-12,24H,13-16H2,1H3,(H,25,28)(H,26,27). The zero-order chi connectivity index (χ0) is 21.9. The van der Waals surface area contributed by atoms with Crippen molar-refractivity contribution in [1.82, 2.24) is 5.32 Å². The second-order valence-corrected chi connectivity index (χ2v) is 6.61. The van der Waals surface area contributed by atoms with Crippen LogP contribution in [-0.2, 0) is 16.1 Å². The van der Waals surface area contributed by atoms with E-state index in [-0.39, 0.29) is 18.4 Å². The molecule has 0 saturated heterocycles. The first kappa shape index (κ1) is 21.9. The van der Waals surface area contributed by atoms with Crippen LogP contribution in [0.15, 0.2) is 71.3 Å². The molecule has 0 fully saturated rings. The molecule has 2 aromatic carbocycles. The average Bonchev–Trinajstić information content (AvgIpc) is 3.31. The first-order valence-electron chi connectivity index (χ1n) is 9.80. The lowest BCUT2D eigenvalue weighted by Gasteiger charge is -2.10. The van der Waals surface area contributed by atoms with Crippen molar-refractivity contribution in [3.63, 3.8) is 0 Å². The quantitative estimate of drug-likeness (QED) is 0.409. The minimum Gasteiger partial charge on any atom is -0.491 e. The molecule has 8 nitrogen and oxygen atoms in total. The number of hydrogen-bond donors (Lipinski definition) is 3. The van der Waals surface area contributed by atoms with Gasteiger partial charge in [0.2, 0.25) is 5.91 Å². The first-order chi connectivity index (χ1) is 15.1. The molecule has 3 N–H and O–H groups in total. The molecule has 31 heavy (non-hydrogen) atoms. The van der Waals surface area contributed by atoms with Crippen molar-refractivity contribution in [2.24, 2.45) is 0 Å².